The molecule has 0 radical (unpaired) electrons. The van der Waals surface area contributed by atoms with E-state index in [-0.39, 0.29) is 24.0 Å². The highest BCUT2D eigenvalue weighted by molar-refractivity contribution is 14.0. The van der Waals surface area contributed by atoms with E-state index < -0.39 is 0 Å². The lowest BCUT2D eigenvalue weighted by molar-refractivity contribution is 0.146. The van der Waals surface area contributed by atoms with Gasteiger partial charge in [0.05, 0.1) is 19.8 Å². The topological polar surface area (TPSA) is 50.9 Å². The van der Waals surface area contributed by atoms with Crippen LogP contribution in [0, 0.1) is 0 Å². The quantitative estimate of drug-likeness (QED) is 0.261. The molecule has 100 valence electrons. The standard InChI is InChI=1S/C12H23N3O.HI/c1-2-3-10-16-11-7-14-12(13)15-8-5-4-6-9-15;/h2H,1,3-11H2,(H2,13,14);1H. The SMILES string of the molecule is C=CCCOCCN=C(N)N1CCCCC1.I. The predicted octanol–water partition coefficient (Wildman–Crippen LogP) is 2.00. The molecule has 0 atom stereocenters. The number of guanidine groups is 1. The summed E-state index contributed by atoms with van der Waals surface area (Å²) in [5, 5.41) is 0. The molecule has 1 aliphatic rings. The van der Waals surface area contributed by atoms with Crippen molar-refractivity contribution in [1.82, 2.24) is 4.90 Å². The zero-order chi connectivity index (χ0) is 11.6. The van der Waals surface area contributed by atoms with Gasteiger partial charge >= 0.3 is 0 Å². The van der Waals surface area contributed by atoms with E-state index in [0.29, 0.717) is 19.1 Å². The normalized spacial score (nSPS) is 16.5. The van der Waals surface area contributed by atoms with Crippen LogP contribution in [0.15, 0.2) is 17.6 Å². The minimum Gasteiger partial charge on any atom is -0.379 e. The van der Waals surface area contributed by atoms with Crippen LogP contribution in [0.5, 0.6) is 0 Å². The maximum absolute atomic E-state index is 5.89. The highest BCUT2D eigenvalue weighted by atomic mass is 127. The van der Waals surface area contributed by atoms with E-state index in [1.165, 1.54) is 19.3 Å². The third kappa shape index (κ3) is 7.59. The first-order valence-electron chi connectivity index (χ1n) is 6.08. The van der Waals surface area contributed by atoms with Crippen LogP contribution in [0.2, 0.25) is 0 Å². The van der Waals surface area contributed by atoms with Crippen LogP contribution in [-0.2, 0) is 4.74 Å². The van der Waals surface area contributed by atoms with Gasteiger partial charge in [-0.3, -0.25) is 4.99 Å². The van der Waals surface area contributed by atoms with Crippen LogP contribution < -0.4 is 5.73 Å². The molecule has 1 fully saturated rings. The Morgan fingerprint density at radius 2 is 2.00 bits per heavy atom. The largest absolute Gasteiger partial charge is 0.379 e. The summed E-state index contributed by atoms with van der Waals surface area (Å²) in [6, 6.07) is 0. The van der Waals surface area contributed by atoms with Crippen LogP contribution in [0.25, 0.3) is 0 Å². The van der Waals surface area contributed by atoms with Gasteiger partial charge in [-0.15, -0.1) is 30.6 Å². The first kappa shape index (κ1) is 16.7. The smallest absolute Gasteiger partial charge is 0.191 e. The molecule has 2 N–H and O–H groups in total. The number of hydrogen-bond donors (Lipinski definition) is 1. The van der Waals surface area contributed by atoms with E-state index in [0.717, 1.165) is 26.1 Å². The molecule has 0 saturated carbocycles. The number of hydrogen-bond acceptors (Lipinski definition) is 2. The minimum atomic E-state index is 0. The predicted molar refractivity (Wildman–Crippen MR) is 83.0 cm³/mol. The van der Waals surface area contributed by atoms with E-state index in [1.54, 1.807) is 0 Å². The fourth-order valence-electron chi connectivity index (χ4n) is 1.72. The lowest BCUT2D eigenvalue weighted by Crippen LogP contribution is -2.41. The molecular weight excluding hydrogens is 329 g/mol. The first-order valence-corrected chi connectivity index (χ1v) is 6.08. The molecule has 1 aliphatic heterocycles. The molecule has 0 aliphatic carbocycles. The Hall–Kier alpha value is -0.300. The highest BCUT2D eigenvalue weighted by Gasteiger charge is 2.11. The average molecular weight is 353 g/mol. The summed E-state index contributed by atoms with van der Waals surface area (Å²) in [5.74, 6) is 0.673. The van der Waals surface area contributed by atoms with Gasteiger partial charge in [0, 0.05) is 13.1 Å². The average Bonchev–Trinajstić information content (AvgIpc) is 2.34. The zero-order valence-electron chi connectivity index (χ0n) is 10.4. The molecule has 1 heterocycles. The third-order valence-corrected chi connectivity index (χ3v) is 2.66. The molecule has 0 spiro atoms. The Balaban J connectivity index is 0.00000256. The number of nitrogens with zero attached hydrogens (tertiary/aromatic N) is 2. The van der Waals surface area contributed by atoms with Gasteiger partial charge in [-0.25, -0.2) is 0 Å². The molecule has 17 heavy (non-hydrogen) atoms. The van der Waals surface area contributed by atoms with Crippen molar-refractivity contribution in [2.24, 2.45) is 10.7 Å². The van der Waals surface area contributed by atoms with Crippen LogP contribution in [0.3, 0.4) is 0 Å². The Morgan fingerprint density at radius 3 is 2.65 bits per heavy atom. The number of rotatable bonds is 6. The summed E-state index contributed by atoms with van der Waals surface area (Å²) < 4.78 is 5.36. The van der Waals surface area contributed by atoms with Crippen molar-refractivity contribution >= 4 is 29.9 Å². The molecule has 0 unspecified atom stereocenters. The number of aliphatic imine (C=N–C) groups is 1. The molecule has 0 aromatic carbocycles. The van der Waals surface area contributed by atoms with Crippen molar-refractivity contribution in [2.45, 2.75) is 25.7 Å². The van der Waals surface area contributed by atoms with Gasteiger partial charge in [-0.1, -0.05) is 6.08 Å². The van der Waals surface area contributed by atoms with E-state index >= 15 is 0 Å². The second-order valence-corrected chi connectivity index (χ2v) is 3.98. The van der Waals surface area contributed by atoms with E-state index in [4.69, 9.17) is 10.5 Å². The summed E-state index contributed by atoms with van der Waals surface area (Å²) >= 11 is 0. The number of piperidine rings is 1. The molecule has 0 aromatic heterocycles. The summed E-state index contributed by atoms with van der Waals surface area (Å²) in [5.41, 5.74) is 5.89. The van der Waals surface area contributed by atoms with Crippen LogP contribution >= 0.6 is 24.0 Å². The Labute approximate surface area is 121 Å². The van der Waals surface area contributed by atoms with E-state index in [2.05, 4.69) is 16.5 Å². The van der Waals surface area contributed by atoms with Gasteiger partial charge in [-0.2, -0.15) is 0 Å². The molecule has 0 aromatic rings. The van der Waals surface area contributed by atoms with E-state index in [9.17, 15) is 0 Å². The second kappa shape index (κ2) is 10.8. The van der Waals surface area contributed by atoms with Gasteiger partial charge < -0.3 is 15.4 Å². The van der Waals surface area contributed by atoms with Crippen molar-refractivity contribution in [3.8, 4) is 0 Å². The summed E-state index contributed by atoms with van der Waals surface area (Å²) in [6.45, 7) is 7.75. The van der Waals surface area contributed by atoms with Crippen molar-refractivity contribution in [3.63, 3.8) is 0 Å². The number of likely N-dealkylation sites (tertiary alicyclic amines) is 1. The third-order valence-electron chi connectivity index (χ3n) is 2.66. The molecule has 4 nitrogen and oxygen atoms in total. The number of nitrogens with two attached hydrogens (primary N) is 1. The highest BCUT2D eigenvalue weighted by Crippen LogP contribution is 2.07. The van der Waals surface area contributed by atoms with Crippen LogP contribution in [0.1, 0.15) is 25.7 Å². The Morgan fingerprint density at radius 1 is 1.29 bits per heavy atom. The van der Waals surface area contributed by atoms with Crippen LogP contribution in [-0.4, -0.2) is 43.7 Å². The molecule has 5 heteroatoms. The molecule has 1 saturated heterocycles. The van der Waals surface area contributed by atoms with Crippen LogP contribution in [0.4, 0.5) is 0 Å². The van der Waals surface area contributed by atoms with Gasteiger partial charge in [-0.05, 0) is 25.7 Å². The van der Waals surface area contributed by atoms with Crippen molar-refractivity contribution < 1.29 is 4.74 Å². The van der Waals surface area contributed by atoms with Crippen molar-refractivity contribution in [1.29, 1.82) is 0 Å². The molecule has 0 bridgehead atoms. The Kier molecular flexibility index (Phi) is 10.6. The van der Waals surface area contributed by atoms with Crippen molar-refractivity contribution in [2.75, 3.05) is 32.8 Å². The monoisotopic (exact) mass is 353 g/mol. The zero-order valence-corrected chi connectivity index (χ0v) is 12.8. The lowest BCUT2D eigenvalue weighted by atomic mass is 10.1. The lowest BCUT2D eigenvalue weighted by Gasteiger charge is -2.27. The molecular formula is C12H24IN3O. The van der Waals surface area contributed by atoms with Gasteiger partial charge in [0.1, 0.15) is 0 Å². The maximum atomic E-state index is 5.89. The minimum absolute atomic E-state index is 0. The maximum Gasteiger partial charge on any atom is 0.191 e. The molecule has 1 rings (SSSR count). The summed E-state index contributed by atoms with van der Waals surface area (Å²) in [6.07, 6.45) is 6.52. The summed E-state index contributed by atoms with van der Waals surface area (Å²) in [4.78, 5) is 6.47. The fourth-order valence-corrected chi connectivity index (χ4v) is 1.72. The first-order chi connectivity index (χ1) is 7.84. The molecule has 0 amide bonds. The number of ether oxygens (including phenoxy) is 1. The fraction of sp³-hybridized carbons (Fsp3) is 0.750. The number of halogens is 1. The van der Waals surface area contributed by atoms with E-state index in [1.807, 2.05) is 6.08 Å². The van der Waals surface area contributed by atoms with Gasteiger partial charge in [0.15, 0.2) is 5.96 Å². The summed E-state index contributed by atoms with van der Waals surface area (Å²) in [7, 11) is 0. The second-order valence-electron chi connectivity index (χ2n) is 3.98. The van der Waals surface area contributed by atoms with Gasteiger partial charge in [0.25, 0.3) is 0 Å². The van der Waals surface area contributed by atoms with Gasteiger partial charge in [0.2, 0.25) is 0 Å². The Bertz CT molecular complexity index is 228. The van der Waals surface area contributed by atoms with Crippen molar-refractivity contribution in [3.05, 3.63) is 12.7 Å².